The molecule has 2 aromatic heterocycles. The molecule has 1 saturated heterocycles. The first-order chi connectivity index (χ1) is 13.8. The van der Waals surface area contributed by atoms with Crippen LogP contribution in [0.3, 0.4) is 0 Å². The van der Waals surface area contributed by atoms with Crippen molar-refractivity contribution in [2.45, 2.75) is 38.6 Å². The normalized spacial score (nSPS) is 18.5. The van der Waals surface area contributed by atoms with Gasteiger partial charge in [0.25, 0.3) is 5.91 Å². The fourth-order valence-electron chi connectivity index (χ4n) is 3.72. The summed E-state index contributed by atoms with van der Waals surface area (Å²) in [5, 5.41) is 7.34. The number of hydrogen-bond donors (Lipinski definition) is 2. The van der Waals surface area contributed by atoms with Gasteiger partial charge in [-0.2, -0.15) is 5.10 Å². The number of benzene rings is 1. The van der Waals surface area contributed by atoms with E-state index in [2.05, 4.69) is 20.4 Å². The Bertz CT molecular complexity index is 1110. The molecule has 1 aromatic carbocycles. The van der Waals surface area contributed by atoms with Crippen molar-refractivity contribution < 1.29 is 13.2 Å². The predicted molar refractivity (Wildman–Crippen MR) is 111 cm³/mol. The van der Waals surface area contributed by atoms with E-state index in [0.29, 0.717) is 25.1 Å². The Morgan fingerprint density at radius 3 is 2.83 bits per heavy atom. The first-order valence-corrected chi connectivity index (χ1v) is 11.7. The molecule has 1 fully saturated rings. The van der Waals surface area contributed by atoms with Gasteiger partial charge in [0, 0.05) is 18.7 Å². The van der Waals surface area contributed by atoms with Gasteiger partial charge in [0.1, 0.15) is 11.5 Å². The largest absolute Gasteiger partial charge is 0.350 e. The number of nitrogens with one attached hydrogen (secondary N) is 2. The van der Waals surface area contributed by atoms with Crippen LogP contribution in [0.25, 0.3) is 11.0 Å². The number of rotatable bonds is 6. The van der Waals surface area contributed by atoms with Crippen molar-refractivity contribution >= 4 is 26.8 Å². The third-order valence-electron chi connectivity index (χ3n) is 5.23. The molecule has 3 heterocycles. The lowest BCUT2D eigenvalue weighted by Crippen LogP contribution is -2.26. The quantitative estimate of drug-likeness (QED) is 0.641. The second kappa shape index (κ2) is 7.62. The summed E-state index contributed by atoms with van der Waals surface area (Å²) in [6.07, 6.45) is 1.12. The van der Waals surface area contributed by atoms with Gasteiger partial charge >= 0.3 is 0 Å². The Labute approximate surface area is 169 Å². The summed E-state index contributed by atoms with van der Waals surface area (Å²) in [6, 6.07) is 9.36. The van der Waals surface area contributed by atoms with Gasteiger partial charge < -0.3 is 10.3 Å². The molecule has 0 aliphatic carbocycles. The van der Waals surface area contributed by atoms with Crippen LogP contribution in [0.2, 0.25) is 0 Å². The first kappa shape index (κ1) is 19.6. The van der Waals surface area contributed by atoms with Gasteiger partial charge in [-0.1, -0.05) is 26.0 Å². The number of sulfone groups is 1. The van der Waals surface area contributed by atoms with Gasteiger partial charge in [-0.05, 0) is 30.5 Å². The number of imidazole rings is 1. The highest BCUT2D eigenvalue weighted by molar-refractivity contribution is 7.91. The molecule has 0 radical (unpaired) electrons. The van der Waals surface area contributed by atoms with E-state index < -0.39 is 9.84 Å². The van der Waals surface area contributed by atoms with E-state index in [0.717, 1.165) is 22.6 Å². The van der Waals surface area contributed by atoms with Gasteiger partial charge in [0.15, 0.2) is 9.84 Å². The van der Waals surface area contributed by atoms with Gasteiger partial charge in [-0.25, -0.2) is 13.4 Å². The van der Waals surface area contributed by atoms with Crippen molar-refractivity contribution in [1.29, 1.82) is 0 Å². The number of aromatic nitrogens is 4. The van der Waals surface area contributed by atoms with E-state index in [4.69, 9.17) is 0 Å². The minimum atomic E-state index is -3.02. The maximum atomic E-state index is 12.6. The van der Waals surface area contributed by atoms with Crippen molar-refractivity contribution in [3.8, 4) is 0 Å². The second-order valence-electron chi connectivity index (χ2n) is 7.82. The van der Waals surface area contributed by atoms with Gasteiger partial charge in [-0.3, -0.25) is 9.48 Å². The number of carbonyl (C=O) groups is 1. The Kier molecular flexibility index (Phi) is 5.16. The van der Waals surface area contributed by atoms with Crippen LogP contribution in [0.5, 0.6) is 0 Å². The average molecular weight is 416 g/mol. The zero-order valence-electron chi connectivity index (χ0n) is 16.6. The highest BCUT2D eigenvalue weighted by Gasteiger charge is 2.32. The molecule has 4 rings (SSSR count). The number of amides is 1. The third kappa shape index (κ3) is 4.19. The molecular formula is C20H25N5O3S. The van der Waals surface area contributed by atoms with Crippen molar-refractivity contribution in [3.05, 3.63) is 47.5 Å². The lowest BCUT2D eigenvalue weighted by molar-refractivity contribution is 0.0948. The Morgan fingerprint density at radius 1 is 1.34 bits per heavy atom. The summed E-state index contributed by atoms with van der Waals surface area (Å²) < 4.78 is 25.4. The van der Waals surface area contributed by atoms with Crippen LogP contribution in [0, 0.1) is 0 Å². The van der Waals surface area contributed by atoms with Crippen molar-refractivity contribution in [2.24, 2.45) is 0 Å². The average Bonchev–Trinajstić information content (AvgIpc) is 3.36. The van der Waals surface area contributed by atoms with Crippen molar-refractivity contribution in [1.82, 2.24) is 25.1 Å². The summed E-state index contributed by atoms with van der Waals surface area (Å²) in [6.45, 7) is 4.46. The van der Waals surface area contributed by atoms with Crippen LogP contribution in [0.1, 0.15) is 54.2 Å². The molecular weight excluding hydrogens is 390 g/mol. The lowest BCUT2D eigenvalue weighted by Gasteiger charge is -2.15. The molecule has 0 bridgehead atoms. The monoisotopic (exact) mass is 415 g/mol. The number of hydrogen-bond acceptors (Lipinski definition) is 5. The van der Waals surface area contributed by atoms with Crippen LogP contribution in [-0.4, -0.2) is 52.1 Å². The maximum Gasteiger partial charge on any atom is 0.271 e. The highest BCUT2D eigenvalue weighted by Crippen LogP contribution is 2.28. The van der Waals surface area contributed by atoms with Gasteiger partial charge in [0.05, 0.1) is 28.6 Å². The fourth-order valence-corrected chi connectivity index (χ4v) is 5.41. The fraction of sp³-hybridized carbons (Fsp3) is 0.450. The molecule has 8 nitrogen and oxygen atoms in total. The number of aromatic amines is 1. The van der Waals surface area contributed by atoms with Crippen LogP contribution in [0.4, 0.5) is 0 Å². The molecule has 154 valence electrons. The Hall–Kier alpha value is -2.68. The molecule has 2 N–H and O–H groups in total. The van der Waals surface area contributed by atoms with Gasteiger partial charge in [-0.15, -0.1) is 0 Å². The van der Waals surface area contributed by atoms with Crippen LogP contribution in [0.15, 0.2) is 30.3 Å². The van der Waals surface area contributed by atoms with E-state index in [-0.39, 0.29) is 29.4 Å². The molecule has 29 heavy (non-hydrogen) atoms. The number of carbonyl (C=O) groups excluding carboxylic acids is 1. The lowest BCUT2D eigenvalue weighted by atomic mass is 10.1. The summed E-state index contributed by atoms with van der Waals surface area (Å²) in [4.78, 5) is 20.4. The highest BCUT2D eigenvalue weighted by atomic mass is 32.2. The number of para-hydroxylation sites is 2. The molecule has 0 unspecified atom stereocenters. The molecule has 1 aliphatic heterocycles. The standard InChI is InChI=1S/C20H25N5O3S/c1-13(2)18-11-17(24-25(18)14-8-10-29(27,28)12-14)20(26)21-9-7-19-22-15-5-3-4-6-16(15)23-19/h3-6,11,13-14H,7-10,12H2,1-2H3,(H,21,26)(H,22,23)/t14-/m1/s1. The Morgan fingerprint density at radius 2 is 2.14 bits per heavy atom. The maximum absolute atomic E-state index is 12.6. The smallest absolute Gasteiger partial charge is 0.271 e. The minimum absolute atomic E-state index is 0.0848. The molecule has 9 heteroatoms. The summed E-state index contributed by atoms with van der Waals surface area (Å²) in [7, 11) is -3.02. The van der Waals surface area contributed by atoms with E-state index >= 15 is 0 Å². The topological polar surface area (TPSA) is 110 Å². The van der Waals surface area contributed by atoms with Crippen LogP contribution in [-0.2, 0) is 16.3 Å². The first-order valence-electron chi connectivity index (χ1n) is 9.84. The van der Waals surface area contributed by atoms with Gasteiger partial charge in [0.2, 0.25) is 0 Å². The van der Waals surface area contributed by atoms with E-state index in [1.54, 1.807) is 10.7 Å². The summed E-state index contributed by atoms with van der Waals surface area (Å²) >= 11 is 0. The van der Waals surface area contributed by atoms with Crippen molar-refractivity contribution in [3.63, 3.8) is 0 Å². The van der Waals surface area contributed by atoms with Crippen LogP contribution < -0.4 is 5.32 Å². The summed E-state index contributed by atoms with van der Waals surface area (Å²) in [5.41, 5.74) is 3.08. The zero-order valence-corrected chi connectivity index (χ0v) is 17.4. The van der Waals surface area contributed by atoms with E-state index in [9.17, 15) is 13.2 Å². The molecule has 3 aromatic rings. The number of fused-ring (bicyclic) bond motifs is 1. The molecule has 1 amide bonds. The number of nitrogens with zero attached hydrogens (tertiary/aromatic N) is 3. The molecule has 1 aliphatic rings. The molecule has 0 saturated carbocycles. The zero-order chi connectivity index (χ0) is 20.6. The van der Waals surface area contributed by atoms with E-state index in [1.165, 1.54) is 0 Å². The number of H-pyrrole nitrogens is 1. The second-order valence-corrected chi connectivity index (χ2v) is 10.0. The third-order valence-corrected chi connectivity index (χ3v) is 6.98. The summed E-state index contributed by atoms with van der Waals surface area (Å²) in [5.74, 6) is 0.955. The van der Waals surface area contributed by atoms with E-state index in [1.807, 2.05) is 38.1 Å². The predicted octanol–water partition coefficient (Wildman–Crippen LogP) is 2.21. The SMILES string of the molecule is CC(C)c1cc(C(=O)NCCc2nc3ccccc3[nH]2)nn1[C@@H]1CCS(=O)(=O)C1. The molecule has 0 spiro atoms. The van der Waals surface area contributed by atoms with Crippen LogP contribution >= 0.6 is 0 Å². The Balaban J connectivity index is 1.43. The minimum Gasteiger partial charge on any atom is -0.350 e. The molecule has 1 atom stereocenters. The van der Waals surface area contributed by atoms with Crippen molar-refractivity contribution in [2.75, 3.05) is 18.1 Å².